The van der Waals surface area contributed by atoms with E-state index in [4.69, 9.17) is 4.74 Å². The molecule has 22 heavy (non-hydrogen) atoms. The maximum absolute atomic E-state index is 11.9. The minimum Gasteiger partial charge on any atom is -0.449 e. The summed E-state index contributed by atoms with van der Waals surface area (Å²) in [6, 6.07) is 2.99. The second kappa shape index (κ2) is 7.16. The van der Waals surface area contributed by atoms with Crippen molar-refractivity contribution in [1.82, 2.24) is 10.6 Å². The lowest BCUT2D eigenvalue weighted by atomic mass is 10.1. The standard InChI is InChI=1S/C13H15N3O6/c1-7-6-9(4-5-10(7)16(20)21)12(18)22-8(2)11(17)15-13(19)14-3/h4-6,8H,1-3H3,(H2,14,15,17,19)/t8-/m0/s1. The summed E-state index contributed by atoms with van der Waals surface area (Å²) in [4.78, 5) is 44.5. The fourth-order valence-corrected chi connectivity index (χ4v) is 1.55. The quantitative estimate of drug-likeness (QED) is 0.483. The molecule has 0 aromatic heterocycles. The smallest absolute Gasteiger partial charge is 0.338 e. The number of carbonyl (C=O) groups excluding carboxylic acids is 3. The van der Waals surface area contributed by atoms with Gasteiger partial charge in [0.15, 0.2) is 6.10 Å². The molecule has 0 saturated heterocycles. The number of hydrogen-bond acceptors (Lipinski definition) is 6. The van der Waals surface area contributed by atoms with E-state index in [1.54, 1.807) is 0 Å². The number of esters is 1. The average Bonchev–Trinajstić information content (AvgIpc) is 2.46. The van der Waals surface area contributed by atoms with Gasteiger partial charge in [-0.3, -0.25) is 20.2 Å². The summed E-state index contributed by atoms with van der Waals surface area (Å²) in [7, 11) is 1.33. The SMILES string of the molecule is CNC(=O)NC(=O)[C@H](C)OC(=O)c1ccc([N+](=O)[O-])c(C)c1. The van der Waals surface area contributed by atoms with E-state index in [0.29, 0.717) is 5.56 Å². The van der Waals surface area contributed by atoms with E-state index < -0.39 is 28.9 Å². The largest absolute Gasteiger partial charge is 0.449 e. The Morgan fingerprint density at radius 2 is 1.95 bits per heavy atom. The summed E-state index contributed by atoms with van der Waals surface area (Å²) in [6.07, 6.45) is -1.19. The third kappa shape index (κ3) is 4.27. The molecule has 1 rings (SSSR count). The summed E-state index contributed by atoms with van der Waals surface area (Å²) in [5.74, 6) is -1.61. The normalized spacial score (nSPS) is 11.2. The van der Waals surface area contributed by atoms with Crippen molar-refractivity contribution in [2.24, 2.45) is 0 Å². The highest BCUT2D eigenvalue weighted by atomic mass is 16.6. The first-order valence-corrected chi connectivity index (χ1v) is 6.25. The molecule has 118 valence electrons. The van der Waals surface area contributed by atoms with Crippen LogP contribution < -0.4 is 10.6 Å². The second-order valence-corrected chi connectivity index (χ2v) is 4.37. The van der Waals surface area contributed by atoms with E-state index in [9.17, 15) is 24.5 Å². The molecule has 9 nitrogen and oxygen atoms in total. The molecule has 1 atom stereocenters. The zero-order valence-corrected chi connectivity index (χ0v) is 12.2. The lowest BCUT2D eigenvalue weighted by Crippen LogP contribution is -2.43. The van der Waals surface area contributed by atoms with Gasteiger partial charge in [0.2, 0.25) is 0 Å². The molecule has 0 bridgehead atoms. The molecule has 0 aliphatic carbocycles. The zero-order chi connectivity index (χ0) is 16.9. The monoisotopic (exact) mass is 309 g/mol. The first kappa shape index (κ1) is 17.1. The second-order valence-electron chi connectivity index (χ2n) is 4.37. The Kier molecular flexibility index (Phi) is 5.56. The van der Waals surface area contributed by atoms with Gasteiger partial charge < -0.3 is 10.1 Å². The lowest BCUT2D eigenvalue weighted by molar-refractivity contribution is -0.385. The first-order valence-electron chi connectivity index (χ1n) is 6.25. The Morgan fingerprint density at radius 1 is 1.32 bits per heavy atom. The maximum atomic E-state index is 11.9. The Bertz CT molecular complexity index is 628. The molecule has 2 N–H and O–H groups in total. The molecule has 0 unspecified atom stereocenters. The van der Waals surface area contributed by atoms with E-state index >= 15 is 0 Å². The van der Waals surface area contributed by atoms with Crippen LogP contribution in [-0.4, -0.2) is 36.0 Å². The number of aryl methyl sites for hydroxylation is 1. The van der Waals surface area contributed by atoms with E-state index in [-0.39, 0.29) is 11.3 Å². The number of urea groups is 1. The molecule has 1 aromatic carbocycles. The number of nitrogens with one attached hydrogen (secondary N) is 2. The predicted molar refractivity (Wildman–Crippen MR) is 75.3 cm³/mol. The van der Waals surface area contributed by atoms with Crippen LogP contribution in [0.4, 0.5) is 10.5 Å². The van der Waals surface area contributed by atoms with Crippen molar-refractivity contribution in [3.8, 4) is 0 Å². The molecule has 9 heteroatoms. The zero-order valence-electron chi connectivity index (χ0n) is 12.2. The molecular formula is C13H15N3O6. The number of nitro groups is 1. The van der Waals surface area contributed by atoms with Gasteiger partial charge in [-0.1, -0.05) is 0 Å². The molecule has 0 aliphatic rings. The Balaban J connectivity index is 2.77. The van der Waals surface area contributed by atoms with Crippen LogP contribution in [-0.2, 0) is 9.53 Å². The van der Waals surface area contributed by atoms with Crippen molar-refractivity contribution in [3.63, 3.8) is 0 Å². The number of hydrogen-bond donors (Lipinski definition) is 2. The summed E-state index contributed by atoms with van der Waals surface area (Å²) < 4.78 is 4.90. The van der Waals surface area contributed by atoms with E-state index in [1.165, 1.54) is 39.1 Å². The van der Waals surface area contributed by atoms with Gasteiger partial charge in [0.1, 0.15) is 0 Å². The predicted octanol–water partition coefficient (Wildman–Crippen LogP) is 0.904. The topological polar surface area (TPSA) is 128 Å². The van der Waals surface area contributed by atoms with Crippen LogP contribution >= 0.6 is 0 Å². The van der Waals surface area contributed by atoms with Gasteiger partial charge in [-0.15, -0.1) is 0 Å². The maximum Gasteiger partial charge on any atom is 0.338 e. The van der Waals surface area contributed by atoms with Crippen LogP contribution in [0.25, 0.3) is 0 Å². The van der Waals surface area contributed by atoms with E-state index in [1.807, 2.05) is 5.32 Å². The van der Waals surface area contributed by atoms with Gasteiger partial charge in [0.05, 0.1) is 10.5 Å². The van der Waals surface area contributed by atoms with E-state index in [2.05, 4.69) is 5.32 Å². The molecule has 0 spiro atoms. The molecule has 0 aliphatic heterocycles. The van der Waals surface area contributed by atoms with Gasteiger partial charge in [-0.25, -0.2) is 9.59 Å². The van der Waals surface area contributed by atoms with Gasteiger partial charge in [-0.05, 0) is 26.0 Å². The number of rotatable bonds is 4. The summed E-state index contributed by atoms with van der Waals surface area (Å²) >= 11 is 0. The number of benzene rings is 1. The number of nitro benzene ring substituents is 1. The third-order valence-corrected chi connectivity index (χ3v) is 2.75. The molecule has 0 heterocycles. The van der Waals surface area contributed by atoms with Crippen molar-refractivity contribution in [3.05, 3.63) is 39.4 Å². The first-order chi connectivity index (χ1) is 10.3. The van der Waals surface area contributed by atoms with Crippen LogP contribution in [0.3, 0.4) is 0 Å². The van der Waals surface area contributed by atoms with Crippen molar-refractivity contribution < 1.29 is 24.0 Å². The highest BCUT2D eigenvalue weighted by Crippen LogP contribution is 2.19. The van der Waals surface area contributed by atoms with Crippen LogP contribution in [0.5, 0.6) is 0 Å². The van der Waals surface area contributed by atoms with Crippen LogP contribution in [0, 0.1) is 17.0 Å². The lowest BCUT2D eigenvalue weighted by Gasteiger charge is -2.12. The minimum atomic E-state index is -1.19. The summed E-state index contributed by atoms with van der Waals surface area (Å²) in [5, 5.41) is 14.9. The van der Waals surface area contributed by atoms with Crippen LogP contribution in [0.15, 0.2) is 18.2 Å². The Hall–Kier alpha value is -2.97. The van der Waals surface area contributed by atoms with Crippen molar-refractivity contribution >= 4 is 23.6 Å². The Labute approximate surface area is 125 Å². The van der Waals surface area contributed by atoms with Gasteiger partial charge in [0.25, 0.3) is 11.6 Å². The summed E-state index contributed by atoms with van der Waals surface area (Å²) in [6.45, 7) is 2.78. The highest BCUT2D eigenvalue weighted by Gasteiger charge is 2.21. The molecule has 0 fully saturated rings. The fourth-order valence-electron chi connectivity index (χ4n) is 1.55. The van der Waals surface area contributed by atoms with Gasteiger partial charge in [-0.2, -0.15) is 0 Å². The molecule has 0 saturated carbocycles. The number of imide groups is 1. The number of ether oxygens (including phenoxy) is 1. The number of nitrogens with zero attached hydrogens (tertiary/aromatic N) is 1. The Morgan fingerprint density at radius 3 is 2.45 bits per heavy atom. The van der Waals surface area contributed by atoms with E-state index in [0.717, 1.165) is 0 Å². The third-order valence-electron chi connectivity index (χ3n) is 2.75. The highest BCUT2D eigenvalue weighted by molar-refractivity contribution is 5.98. The molecule has 3 amide bonds. The molecular weight excluding hydrogens is 294 g/mol. The number of carbonyl (C=O) groups is 3. The summed E-state index contributed by atoms with van der Waals surface area (Å²) in [5.41, 5.74) is 0.242. The minimum absolute atomic E-state index is 0.0719. The van der Waals surface area contributed by atoms with Crippen molar-refractivity contribution in [1.29, 1.82) is 0 Å². The van der Waals surface area contributed by atoms with Crippen molar-refractivity contribution in [2.75, 3.05) is 7.05 Å². The number of amides is 3. The average molecular weight is 309 g/mol. The molecule has 1 aromatic rings. The van der Waals surface area contributed by atoms with Gasteiger partial charge in [0, 0.05) is 18.7 Å². The fraction of sp³-hybridized carbons (Fsp3) is 0.308. The van der Waals surface area contributed by atoms with Crippen LogP contribution in [0.2, 0.25) is 0 Å². The molecule has 0 radical (unpaired) electrons. The van der Waals surface area contributed by atoms with Crippen LogP contribution in [0.1, 0.15) is 22.8 Å². The van der Waals surface area contributed by atoms with Gasteiger partial charge >= 0.3 is 12.0 Å². The van der Waals surface area contributed by atoms with Crippen molar-refractivity contribution in [2.45, 2.75) is 20.0 Å².